The third-order valence-electron chi connectivity index (χ3n) is 5.28. The first-order chi connectivity index (χ1) is 12.8. The second kappa shape index (κ2) is 8.37. The van der Waals surface area contributed by atoms with Gasteiger partial charge in [-0.3, -0.25) is 10.2 Å². The molecule has 26 heavy (non-hydrogen) atoms. The molecular formula is C18H29N5O3. The van der Waals surface area contributed by atoms with E-state index in [1.165, 1.54) is 12.8 Å². The summed E-state index contributed by atoms with van der Waals surface area (Å²) in [6.07, 6.45) is 5.21. The third-order valence-corrected chi connectivity index (χ3v) is 5.28. The summed E-state index contributed by atoms with van der Waals surface area (Å²) < 4.78 is 13.3. The zero-order chi connectivity index (χ0) is 17.8. The largest absolute Gasteiger partial charge is 0.379 e. The molecule has 0 bridgehead atoms. The highest BCUT2D eigenvalue weighted by atomic mass is 16.5. The topological polar surface area (TPSA) is 71.9 Å². The number of hydrogen-bond acceptors (Lipinski definition) is 5. The first-order valence-electron chi connectivity index (χ1n) is 9.77. The predicted molar refractivity (Wildman–Crippen MR) is 97.2 cm³/mol. The number of carbonyl (C=O) groups excluding carboxylic acids is 1. The van der Waals surface area contributed by atoms with Gasteiger partial charge in [-0.2, -0.15) is 5.10 Å². The summed E-state index contributed by atoms with van der Waals surface area (Å²) in [6, 6.07) is 1.82. The maximum absolute atomic E-state index is 12.8. The molecule has 4 rings (SSSR count). The Balaban J connectivity index is 1.33. The number of anilines is 1. The number of carbonyl (C=O) groups is 1. The van der Waals surface area contributed by atoms with Crippen LogP contribution in [0, 0.1) is 5.92 Å². The monoisotopic (exact) mass is 363 g/mol. The van der Waals surface area contributed by atoms with Gasteiger partial charge in [0, 0.05) is 51.9 Å². The van der Waals surface area contributed by atoms with Crippen molar-refractivity contribution in [3.8, 4) is 0 Å². The van der Waals surface area contributed by atoms with Gasteiger partial charge < -0.3 is 14.4 Å². The van der Waals surface area contributed by atoms with Crippen molar-refractivity contribution in [1.82, 2.24) is 19.6 Å². The van der Waals surface area contributed by atoms with E-state index < -0.39 is 0 Å². The number of urea groups is 1. The van der Waals surface area contributed by atoms with E-state index in [1.54, 1.807) is 6.20 Å². The van der Waals surface area contributed by atoms with Gasteiger partial charge in [0.05, 0.1) is 25.5 Å². The number of nitrogens with zero attached hydrogens (tertiary/aromatic N) is 4. The number of aromatic nitrogens is 2. The summed E-state index contributed by atoms with van der Waals surface area (Å²) in [6.45, 7) is 7.24. The molecule has 3 aliphatic rings. The minimum Gasteiger partial charge on any atom is -0.379 e. The Morgan fingerprint density at radius 3 is 2.85 bits per heavy atom. The SMILES string of the molecule is O=C(Nc1ccnn1CC1CC1)N1CCCOC(CN2CCOCC2)C1. The van der Waals surface area contributed by atoms with Crippen LogP contribution in [0.15, 0.2) is 12.3 Å². The minimum atomic E-state index is -0.0555. The minimum absolute atomic E-state index is 0.0534. The van der Waals surface area contributed by atoms with Crippen LogP contribution >= 0.6 is 0 Å². The van der Waals surface area contributed by atoms with E-state index in [4.69, 9.17) is 9.47 Å². The smallest absolute Gasteiger partial charge is 0.323 e. The standard InChI is InChI=1S/C18H29N5O3/c24-18(20-17-4-5-19-23(17)12-15-2-3-15)22-6-1-9-26-16(14-22)13-21-7-10-25-11-8-21/h4-5,15-16H,1-3,6-14H2,(H,20,24). The second-order valence-electron chi connectivity index (χ2n) is 7.48. The van der Waals surface area contributed by atoms with Crippen molar-refractivity contribution in [2.45, 2.75) is 31.9 Å². The van der Waals surface area contributed by atoms with Crippen LogP contribution in [0.5, 0.6) is 0 Å². The molecule has 3 fully saturated rings. The molecule has 1 aromatic rings. The Morgan fingerprint density at radius 2 is 2.04 bits per heavy atom. The van der Waals surface area contributed by atoms with Crippen LogP contribution in [-0.2, 0) is 16.0 Å². The molecule has 2 amide bonds. The summed E-state index contributed by atoms with van der Waals surface area (Å²) in [5.74, 6) is 1.51. The Labute approximate surface area is 154 Å². The van der Waals surface area contributed by atoms with E-state index in [2.05, 4.69) is 15.3 Å². The molecule has 2 aliphatic heterocycles. The fourth-order valence-corrected chi connectivity index (χ4v) is 3.58. The summed E-state index contributed by atoms with van der Waals surface area (Å²) in [7, 11) is 0. The van der Waals surface area contributed by atoms with Crippen molar-refractivity contribution in [3.05, 3.63) is 12.3 Å². The zero-order valence-corrected chi connectivity index (χ0v) is 15.3. The van der Waals surface area contributed by atoms with E-state index in [0.29, 0.717) is 13.2 Å². The summed E-state index contributed by atoms with van der Waals surface area (Å²) in [4.78, 5) is 17.0. The van der Waals surface area contributed by atoms with Crippen molar-refractivity contribution >= 4 is 11.8 Å². The van der Waals surface area contributed by atoms with Crippen LogP contribution in [0.3, 0.4) is 0 Å². The van der Waals surface area contributed by atoms with Crippen LogP contribution in [0.25, 0.3) is 0 Å². The molecule has 1 aromatic heterocycles. The highest BCUT2D eigenvalue weighted by molar-refractivity contribution is 5.88. The average Bonchev–Trinajstić information content (AvgIpc) is 3.41. The van der Waals surface area contributed by atoms with Crippen LogP contribution in [0.4, 0.5) is 10.6 Å². The van der Waals surface area contributed by atoms with E-state index in [-0.39, 0.29) is 12.1 Å². The van der Waals surface area contributed by atoms with E-state index in [1.807, 2.05) is 15.6 Å². The lowest BCUT2D eigenvalue weighted by Gasteiger charge is -2.31. The Kier molecular flexibility index (Phi) is 5.72. The van der Waals surface area contributed by atoms with Crippen LogP contribution in [0.2, 0.25) is 0 Å². The maximum Gasteiger partial charge on any atom is 0.323 e. The van der Waals surface area contributed by atoms with Gasteiger partial charge in [-0.05, 0) is 25.2 Å². The first kappa shape index (κ1) is 17.8. The van der Waals surface area contributed by atoms with Crippen molar-refractivity contribution in [2.24, 2.45) is 5.92 Å². The van der Waals surface area contributed by atoms with Gasteiger partial charge in [-0.1, -0.05) is 0 Å². The Hall–Kier alpha value is -1.64. The molecule has 3 heterocycles. The molecule has 0 radical (unpaired) electrons. The third kappa shape index (κ3) is 4.75. The lowest BCUT2D eigenvalue weighted by Crippen LogP contribution is -2.46. The van der Waals surface area contributed by atoms with Crippen molar-refractivity contribution < 1.29 is 14.3 Å². The molecule has 1 aliphatic carbocycles. The van der Waals surface area contributed by atoms with Gasteiger partial charge in [-0.25, -0.2) is 9.48 Å². The Bertz CT molecular complexity index is 597. The lowest BCUT2D eigenvalue weighted by molar-refractivity contribution is -0.00983. The zero-order valence-electron chi connectivity index (χ0n) is 15.3. The lowest BCUT2D eigenvalue weighted by atomic mass is 10.3. The first-order valence-corrected chi connectivity index (χ1v) is 9.77. The van der Waals surface area contributed by atoms with Gasteiger partial charge in [0.25, 0.3) is 0 Å². The molecule has 0 aromatic carbocycles. The number of ether oxygens (including phenoxy) is 2. The molecule has 144 valence electrons. The number of nitrogens with one attached hydrogen (secondary N) is 1. The molecule has 1 unspecified atom stereocenters. The normalized spacial score (nSPS) is 25.1. The molecular weight excluding hydrogens is 334 g/mol. The van der Waals surface area contributed by atoms with Crippen LogP contribution < -0.4 is 5.32 Å². The van der Waals surface area contributed by atoms with E-state index >= 15 is 0 Å². The summed E-state index contributed by atoms with van der Waals surface area (Å²) >= 11 is 0. The van der Waals surface area contributed by atoms with Gasteiger partial charge in [0.1, 0.15) is 5.82 Å². The van der Waals surface area contributed by atoms with Crippen LogP contribution in [0.1, 0.15) is 19.3 Å². The second-order valence-corrected chi connectivity index (χ2v) is 7.48. The Morgan fingerprint density at radius 1 is 1.19 bits per heavy atom. The van der Waals surface area contributed by atoms with Crippen molar-refractivity contribution in [2.75, 3.05) is 57.9 Å². The highest BCUT2D eigenvalue weighted by Gasteiger charge is 2.27. The number of hydrogen-bond donors (Lipinski definition) is 1. The molecule has 8 heteroatoms. The predicted octanol–water partition coefficient (Wildman–Crippen LogP) is 1.25. The molecule has 1 atom stereocenters. The number of amides is 2. The van der Waals surface area contributed by atoms with Gasteiger partial charge in [-0.15, -0.1) is 0 Å². The summed E-state index contributed by atoms with van der Waals surface area (Å²) in [5.41, 5.74) is 0. The highest BCUT2D eigenvalue weighted by Crippen LogP contribution is 2.31. The maximum atomic E-state index is 12.8. The molecule has 8 nitrogen and oxygen atoms in total. The molecule has 0 spiro atoms. The summed E-state index contributed by atoms with van der Waals surface area (Å²) in [5, 5.41) is 7.39. The molecule has 1 saturated carbocycles. The molecule has 2 saturated heterocycles. The number of rotatable bonds is 5. The van der Waals surface area contributed by atoms with Gasteiger partial charge in [0.15, 0.2) is 0 Å². The molecule has 1 N–H and O–H groups in total. The fourth-order valence-electron chi connectivity index (χ4n) is 3.58. The average molecular weight is 363 g/mol. The van der Waals surface area contributed by atoms with Gasteiger partial charge in [0.2, 0.25) is 0 Å². The van der Waals surface area contributed by atoms with Gasteiger partial charge >= 0.3 is 6.03 Å². The van der Waals surface area contributed by atoms with Crippen molar-refractivity contribution in [1.29, 1.82) is 0 Å². The van der Waals surface area contributed by atoms with E-state index in [9.17, 15) is 4.79 Å². The number of morpholine rings is 1. The van der Waals surface area contributed by atoms with Crippen molar-refractivity contribution in [3.63, 3.8) is 0 Å². The van der Waals surface area contributed by atoms with Crippen LogP contribution in [-0.4, -0.2) is 84.3 Å². The fraction of sp³-hybridized carbons (Fsp3) is 0.778. The van der Waals surface area contributed by atoms with E-state index in [0.717, 1.165) is 64.1 Å². The quantitative estimate of drug-likeness (QED) is 0.852.